The van der Waals surface area contributed by atoms with Gasteiger partial charge in [-0.25, -0.2) is 4.99 Å². The molecule has 1 unspecified atom stereocenters. The Hall–Kier alpha value is -3.94. The van der Waals surface area contributed by atoms with Gasteiger partial charge in [-0.3, -0.25) is 19.2 Å². The summed E-state index contributed by atoms with van der Waals surface area (Å²) in [6, 6.07) is 12.7. The zero-order chi connectivity index (χ0) is 46.7. The molecule has 2 aromatic rings. The normalized spacial score (nSPS) is 37.6. The average molecular weight is 911 g/mol. The van der Waals surface area contributed by atoms with Gasteiger partial charge in [0.25, 0.3) is 11.8 Å². The summed E-state index contributed by atoms with van der Waals surface area (Å²) in [5.74, 6) is -5.90. The van der Waals surface area contributed by atoms with Crippen molar-refractivity contribution in [1.82, 2.24) is 10.2 Å². The molecule has 3 fully saturated rings. The fourth-order valence-electron chi connectivity index (χ4n) is 9.59. The van der Waals surface area contributed by atoms with Gasteiger partial charge in [0.05, 0.1) is 42.0 Å². The molecule has 3 saturated heterocycles. The first-order valence-corrected chi connectivity index (χ1v) is 23.2. The zero-order valence-corrected chi connectivity index (χ0v) is 39.5. The fraction of sp³-hybridized carbons (Fsp3) is 0.660. The summed E-state index contributed by atoms with van der Waals surface area (Å²) in [5.41, 5.74) is -1.75. The van der Waals surface area contributed by atoms with Crippen molar-refractivity contribution in [1.29, 1.82) is 0 Å². The molecule has 1 aromatic heterocycles. The first-order valence-electron chi connectivity index (χ1n) is 22.4. The van der Waals surface area contributed by atoms with E-state index in [2.05, 4.69) is 10.5 Å². The van der Waals surface area contributed by atoms with Gasteiger partial charge < -0.3 is 49.0 Å². The number of ether oxygens (including phenoxy) is 5. The molecule has 0 saturated carbocycles. The average Bonchev–Trinajstić information content (AvgIpc) is 3.72. The smallest absolute Gasteiger partial charge is 0.316 e. The van der Waals surface area contributed by atoms with Crippen molar-refractivity contribution in [3.05, 3.63) is 57.8 Å². The minimum Gasteiger partial charge on any atom is -0.459 e. The number of ketones is 1. The minimum atomic E-state index is -1.86. The standard InChI is InChI=1S/C47H66N4O12S/c1-11-36-47(8,57)41-27(4)37-25(2)21-46(7,40(28(5)38(52)29(6)44(56)61-36)62-45-39(53)33(51(9)10)19-26(3)60-45)59-24-31(23-58-41)50-63-34(42(54)49-37)20-32-17-18-35(64-32)43(55)48-22-30-15-13-12-14-16-30/h12-18,25-29,33-34,36,39-41,45,53,57H,11,19-24H2,1-10H3,(H,48,55)/b49-37?,50-31+/t25-,26-,27-,28+,29-,33+,34?,36-,39-,40-,41+,45+,46-,47-/m1/s1. The molecular formula is C47H66N4O12S. The number of amides is 2. The van der Waals surface area contributed by atoms with E-state index in [1.807, 2.05) is 63.2 Å². The molecule has 14 atom stereocenters. The highest BCUT2D eigenvalue weighted by molar-refractivity contribution is 7.14. The molecule has 2 amide bonds. The molecule has 4 aliphatic rings. The molecule has 0 aliphatic carbocycles. The largest absolute Gasteiger partial charge is 0.459 e. The van der Waals surface area contributed by atoms with Crippen molar-refractivity contribution in [3.8, 4) is 0 Å². The number of cyclic esters (lactones) is 1. The van der Waals surface area contributed by atoms with Crippen LogP contribution in [0.4, 0.5) is 0 Å². The molecular weight excluding hydrogens is 845 g/mol. The van der Waals surface area contributed by atoms with Crippen LogP contribution >= 0.6 is 11.3 Å². The van der Waals surface area contributed by atoms with E-state index in [0.717, 1.165) is 5.56 Å². The van der Waals surface area contributed by atoms with Gasteiger partial charge in [-0.1, -0.05) is 63.2 Å². The van der Waals surface area contributed by atoms with Crippen LogP contribution in [0.25, 0.3) is 0 Å². The van der Waals surface area contributed by atoms with E-state index < -0.39 is 89.3 Å². The highest BCUT2D eigenvalue weighted by atomic mass is 32.1. The topological polar surface area (TPSA) is 204 Å². The second-order valence-electron chi connectivity index (χ2n) is 18.6. The van der Waals surface area contributed by atoms with Crippen LogP contribution in [0.15, 0.2) is 52.6 Å². The van der Waals surface area contributed by atoms with Crippen molar-refractivity contribution < 1.29 is 57.9 Å². The maximum absolute atomic E-state index is 14.6. The van der Waals surface area contributed by atoms with E-state index in [1.54, 1.807) is 39.8 Å². The van der Waals surface area contributed by atoms with E-state index in [9.17, 15) is 29.4 Å². The number of rotatable bonds is 9. The molecule has 0 spiro atoms. The Morgan fingerprint density at radius 1 is 1.02 bits per heavy atom. The Bertz CT molecular complexity index is 2040. The number of hydrogen-bond acceptors (Lipinski definition) is 15. The van der Waals surface area contributed by atoms with Crippen molar-refractivity contribution in [2.24, 2.45) is 33.8 Å². The van der Waals surface area contributed by atoms with Crippen LogP contribution in [-0.4, -0.2) is 138 Å². The Balaban J connectivity index is 1.42. The number of carbonyl (C=O) groups excluding carboxylic acids is 4. The van der Waals surface area contributed by atoms with Gasteiger partial charge in [0.2, 0.25) is 6.10 Å². The van der Waals surface area contributed by atoms with Crippen LogP contribution in [0.2, 0.25) is 0 Å². The Labute approximate surface area is 380 Å². The van der Waals surface area contributed by atoms with E-state index in [1.165, 1.54) is 25.2 Å². The number of Topliss-reactive ketones (excluding diaryl/α,β-unsaturated/α-hetero) is 1. The molecule has 4 aliphatic heterocycles. The van der Waals surface area contributed by atoms with Gasteiger partial charge in [0, 0.05) is 41.4 Å². The van der Waals surface area contributed by atoms with E-state index >= 15 is 0 Å². The molecule has 16 nitrogen and oxygen atoms in total. The van der Waals surface area contributed by atoms with Gasteiger partial charge in [-0.05, 0) is 84.7 Å². The molecule has 352 valence electrons. The van der Waals surface area contributed by atoms with Crippen LogP contribution in [0.5, 0.6) is 0 Å². The third-order valence-corrected chi connectivity index (χ3v) is 14.3. The van der Waals surface area contributed by atoms with E-state index in [-0.39, 0.29) is 56.2 Å². The molecule has 1 aromatic carbocycles. The first kappa shape index (κ1) is 49.5. The number of hydrogen-bond donors (Lipinski definition) is 3. The molecule has 4 bridgehead atoms. The van der Waals surface area contributed by atoms with Crippen molar-refractivity contribution in [2.75, 3.05) is 27.3 Å². The number of esters is 1. The summed E-state index contributed by atoms with van der Waals surface area (Å²) in [6.07, 6.45) is -6.35. The van der Waals surface area contributed by atoms with Gasteiger partial charge >= 0.3 is 5.97 Å². The molecule has 3 N–H and O–H groups in total. The predicted octanol–water partition coefficient (Wildman–Crippen LogP) is 4.52. The first-order chi connectivity index (χ1) is 30.2. The maximum Gasteiger partial charge on any atom is 0.316 e. The summed E-state index contributed by atoms with van der Waals surface area (Å²) < 4.78 is 32.5. The summed E-state index contributed by atoms with van der Waals surface area (Å²) in [5, 5.41) is 31.5. The van der Waals surface area contributed by atoms with Gasteiger partial charge in [0.15, 0.2) is 12.1 Å². The monoisotopic (exact) mass is 910 g/mol. The fourth-order valence-corrected chi connectivity index (χ4v) is 10.5. The number of aliphatic hydroxyl groups excluding tert-OH is 1. The highest BCUT2D eigenvalue weighted by Crippen LogP contribution is 2.40. The lowest BCUT2D eigenvalue weighted by atomic mass is 9.73. The van der Waals surface area contributed by atoms with Crippen molar-refractivity contribution in [2.45, 2.75) is 148 Å². The quantitative estimate of drug-likeness (QED) is 0.234. The van der Waals surface area contributed by atoms with E-state index in [4.69, 9.17) is 33.5 Å². The van der Waals surface area contributed by atoms with Crippen LogP contribution in [0, 0.1) is 23.7 Å². The lowest BCUT2D eigenvalue weighted by Crippen LogP contribution is -2.60. The van der Waals surface area contributed by atoms with Crippen molar-refractivity contribution in [3.63, 3.8) is 0 Å². The number of thiophene rings is 1. The second kappa shape index (κ2) is 20.7. The summed E-state index contributed by atoms with van der Waals surface area (Å²) in [4.78, 5) is 70.0. The number of benzene rings is 1. The summed E-state index contributed by atoms with van der Waals surface area (Å²) >= 11 is 1.23. The third-order valence-electron chi connectivity index (χ3n) is 13.2. The second-order valence-corrected chi connectivity index (χ2v) is 19.8. The highest BCUT2D eigenvalue weighted by Gasteiger charge is 2.53. The Kier molecular flexibility index (Phi) is 16.0. The number of fused-ring (bicyclic) bond motifs is 4. The van der Waals surface area contributed by atoms with Crippen LogP contribution in [0.1, 0.15) is 94.8 Å². The summed E-state index contributed by atoms with van der Waals surface area (Å²) in [6.45, 7) is 13.7. The molecule has 64 heavy (non-hydrogen) atoms. The number of likely N-dealkylation sites (N-methyl/N-ethyl adjacent to an activating group) is 1. The predicted molar refractivity (Wildman–Crippen MR) is 239 cm³/mol. The zero-order valence-electron chi connectivity index (χ0n) is 38.6. The number of nitrogens with zero attached hydrogens (tertiary/aromatic N) is 3. The number of carbonyl (C=O) groups is 4. The minimum absolute atomic E-state index is 0.0457. The SMILES string of the molecule is CC[C@H]1OC(=O)[C@H](C)C(=O)[C@H](C)[C@@H](O[C@@H]2O[C@H](C)C[C@H](N(C)C)[C@H]2O)[C@@]2(C)C[C@@H](C)C3=NC(=O)C(Cc4ccc(C(=O)NCc5ccccc5)s4)O/N=C(\CO[C@@H]([C@@H]3C)[C@]1(C)O)CO2. The molecule has 5 heterocycles. The Morgan fingerprint density at radius 3 is 2.42 bits per heavy atom. The van der Waals surface area contributed by atoms with Crippen LogP contribution < -0.4 is 5.32 Å². The van der Waals surface area contributed by atoms with Crippen LogP contribution in [0.3, 0.4) is 0 Å². The number of nitrogens with one attached hydrogen (secondary N) is 1. The Morgan fingerprint density at radius 2 is 1.73 bits per heavy atom. The van der Waals surface area contributed by atoms with Gasteiger partial charge in [-0.2, -0.15) is 0 Å². The van der Waals surface area contributed by atoms with Crippen LogP contribution in [-0.2, 0) is 55.9 Å². The third kappa shape index (κ3) is 11.0. The number of aliphatic imine (C=N–C) groups is 1. The van der Waals surface area contributed by atoms with E-state index in [0.29, 0.717) is 28.4 Å². The number of oxime groups is 1. The lowest BCUT2D eigenvalue weighted by Gasteiger charge is -2.47. The summed E-state index contributed by atoms with van der Waals surface area (Å²) in [7, 11) is 3.73. The maximum atomic E-state index is 14.6. The molecule has 17 heteroatoms. The molecule has 6 rings (SSSR count). The lowest BCUT2D eigenvalue weighted by molar-refractivity contribution is -0.296. The molecule has 0 radical (unpaired) electrons. The number of aliphatic hydroxyl groups is 2. The van der Waals surface area contributed by atoms with Crippen molar-refractivity contribution >= 4 is 46.3 Å². The van der Waals surface area contributed by atoms with Gasteiger partial charge in [0.1, 0.15) is 29.4 Å². The van der Waals surface area contributed by atoms with Gasteiger partial charge in [-0.15, -0.1) is 11.3 Å².